The molecule has 0 aromatic heterocycles. The van der Waals surface area contributed by atoms with Crippen LogP contribution in [0.15, 0.2) is 54.1 Å². The Balaban J connectivity index is 1.86. The highest BCUT2D eigenvalue weighted by Crippen LogP contribution is 2.35. The van der Waals surface area contributed by atoms with Crippen LogP contribution in [0.4, 0.5) is 4.79 Å². The van der Waals surface area contributed by atoms with Gasteiger partial charge >= 0.3 is 6.03 Å². The van der Waals surface area contributed by atoms with Gasteiger partial charge in [-0.2, -0.15) is 0 Å². The summed E-state index contributed by atoms with van der Waals surface area (Å²) in [5, 5.41) is 2.29. The van der Waals surface area contributed by atoms with E-state index in [9.17, 15) is 9.59 Å². The predicted octanol–water partition coefficient (Wildman–Crippen LogP) is 1.97. The van der Waals surface area contributed by atoms with Crippen molar-refractivity contribution in [1.82, 2.24) is 10.2 Å². The van der Waals surface area contributed by atoms with Crippen molar-refractivity contribution in [2.75, 3.05) is 20.2 Å². The number of rotatable bonds is 4. The van der Waals surface area contributed by atoms with Crippen LogP contribution >= 0.6 is 0 Å². The average Bonchev–Trinajstić information content (AvgIpc) is 2.86. The van der Waals surface area contributed by atoms with Crippen LogP contribution in [-0.4, -0.2) is 37.0 Å². The normalized spacial score (nSPS) is 24.4. The first-order valence-electron chi connectivity index (χ1n) is 7.21. The van der Waals surface area contributed by atoms with Gasteiger partial charge in [0.25, 0.3) is 0 Å². The minimum Gasteiger partial charge on any atom is -0.369 e. The number of hydrogen-bond acceptors (Lipinski definition) is 3. The van der Waals surface area contributed by atoms with Gasteiger partial charge in [-0.25, -0.2) is 4.79 Å². The number of ether oxygens (including phenoxy) is 1. The Morgan fingerprint density at radius 1 is 1.27 bits per heavy atom. The van der Waals surface area contributed by atoms with E-state index in [-0.39, 0.29) is 18.5 Å². The third-order valence-electron chi connectivity index (χ3n) is 4.04. The first kappa shape index (κ1) is 14.5. The number of methoxy groups -OCH3 is 1. The van der Waals surface area contributed by atoms with Crippen LogP contribution in [0.1, 0.15) is 12.0 Å². The molecule has 0 radical (unpaired) electrons. The van der Waals surface area contributed by atoms with E-state index >= 15 is 0 Å². The number of carbonyl (C=O) groups is 2. The van der Waals surface area contributed by atoms with Gasteiger partial charge in [-0.15, -0.1) is 0 Å². The van der Waals surface area contributed by atoms with Gasteiger partial charge in [0.1, 0.15) is 12.1 Å². The highest BCUT2D eigenvalue weighted by atomic mass is 16.5. The van der Waals surface area contributed by atoms with Crippen LogP contribution in [0.2, 0.25) is 0 Å². The molecule has 1 heterocycles. The minimum absolute atomic E-state index is 0.106. The maximum atomic E-state index is 11.7. The number of benzene rings is 1. The smallest absolute Gasteiger partial charge is 0.324 e. The summed E-state index contributed by atoms with van der Waals surface area (Å²) in [5.74, 6) is -0.258. The Labute approximate surface area is 129 Å². The molecule has 5 heteroatoms. The summed E-state index contributed by atoms with van der Waals surface area (Å²) in [5.41, 5.74) is 1.51. The summed E-state index contributed by atoms with van der Waals surface area (Å²) in [6, 6.07) is 9.65. The maximum absolute atomic E-state index is 11.7. The Kier molecular flexibility index (Phi) is 3.81. The predicted molar refractivity (Wildman–Crippen MR) is 82.1 cm³/mol. The molecule has 1 N–H and O–H groups in total. The number of hydrogen-bond donors (Lipinski definition) is 1. The van der Waals surface area contributed by atoms with Gasteiger partial charge in [0.15, 0.2) is 0 Å². The summed E-state index contributed by atoms with van der Waals surface area (Å²) >= 11 is 0. The van der Waals surface area contributed by atoms with Gasteiger partial charge in [-0.1, -0.05) is 42.5 Å². The Hall–Kier alpha value is -2.40. The molecule has 1 aromatic rings. The van der Waals surface area contributed by atoms with Crippen LogP contribution in [0.3, 0.4) is 0 Å². The average molecular weight is 298 g/mol. The van der Waals surface area contributed by atoms with E-state index < -0.39 is 5.60 Å². The molecule has 3 rings (SSSR count). The van der Waals surface area contributed by atoms with Gasteiger partial charge in [0, 0.05) is 20.1 Å². The molecule has 2 aliphatic rings. The molecule has 0 bridgehead atoms. The van der Waals surface area contributed by atoms with E-state index in [4.69, 9.17) is 4.74 Å². The molecule has 1 saturated heterocycles. The summed E-state index contributed by atoms with van der Waals surface area (Å²) in [7, 11) is 1.69. The summed E-state index contributed by atoms with van der Waals surface area (Å²) in [6.07, 6.45) is 6.80. The number of urea groups is 1. The quantitative estimate of drug-likeness (QED) is 0.865. The first-order chi connectivity index (χ1) is 10.6. The van der Waals surface area contributed by atoms with Crippen LogP contribution in [0, 0.1) is 0 Å². The molecule has 3 amide bonds. The zero-order valence-corrected chi connectivity index (χ0v) is 12.4. The molecular formula is C17H18N2O3. The second-order valence-corrected chi connectivity index (χ2v) is 5.49. The highest BCUT2D eigenvalue weighted by molar-refractivity contribution is 6.02. The van der Waals surface area contributed by atoms with Gasteiger partial charge < -0.3 is 9.64 Å². The van der Waals surface area contributed by atoms with Crippen molar-refractivity contribution in [2.45, 2.75) is 12.0 Å². The van der Waals surface area contributed by atoms with E-state index in [1.54, 1.807) is 7.11 Å². The van der Waals surface area contributed by atoms with Crippen molar-refractivity contribution in [1.29, 1.82) is 0 Å². The topological polar surface area (TPSA) is 58.6 Å². The molecule has 1 unspecified atom stereocenters. The summed E-state index contributed by atoms with van der Waals surface area (Å²) in [6.45, 7) is 0.501. The maximum Gasteiger partial charge on any atom is 0.324 e. The molecule has 1 aromatic carbocycles. The molecule has 114 valence electrons. The number of carbonyl (C=O) groups excluding carboxylic acids is 2. The van der Waals surface area contributed by atoms with E-state index in [0.29, 0.717) is 6.54 Å². The van der Waals surface area contributed by atoms with Gasteiger partial charge in [-0.05, 0) is 17.2 Å². The van der Waals surface area contributed by atoms with Crippen molar-refractivity contribution in [3.05, 3.63) is 59.7 Å². The number of amides is 3. The van der Waals surface area contributed by atoms with E-state index in [2.05, 4.69) is 5.32 Å². The van der Waals surface area contributed by atoms with Gasteiger partial charge in [-0.3, -0.25) is 10.1 Å². The molecule has 5 nitrogen and oxygen atoms in total. The molecular weight excluding hydrogens is 280 g/mol. The zero-order chi connectivity index (χ0) is 15.6. The molecule has 1 fully saturated rings. The van der Waals surface area contributed by atoms with Crippen molar-refractivity contribution < 1.29 is 14.3 Å². The Morgan fingerprint density at radius 2 is 2.05 bits per heavy atom. The van der Waals surface area contributed by atoms with Crippen molar-refractivity contribution in [3.8, 4) is 0 Å². The second-order valence-electron chi connectivity index (χ2n) is 5.49. The fourth-order valence-corrected chi connectivity index (χ4v) is 2.90. The lowest BCUT2D eigenvalue weighted by Crippen LogP contribution is -2.32. The van der Waals surface area contributed by atoms with Crippen LogP contribution in [0.5, 0.6) is 0 Å². The monoisotopic (exact) mass is 298 g/mol. The van der Waals surface area contributed by atoms with Crippen molar-refractivity contribution >= 4 is 11.9 Å². The fourth-order valence-electron chi connectivity index (χ4n) is 2.90. The number of nitrogens with one attached hydrogen (secondary N) is 1. The number of nitrogens with zero attached hydrogens (tertiary/aromatic N) is 1. The minimum atomic E-state index is -0.522. The van der Waals surface area contributed by atoms with Crippen LogP contribution in [0.25, 0.3) is 0 Å². The summed E-state index contributed by atoms with van der Waals surface area (Å²) < 4.78 is 5.79. The van der Waals surface area contributed by atoms with Crippen molar-refractivity contribution in [2.24, 2.45) is 0 Å². The van der Waals surface area contributed by atoms with Crippen molar-refractivity contribution in [3.63, 3.8) is 0 Å². The number of imide groups is 1. The fraction of sp³-hybridized carbons (Fsp3) is 0.294. The molecule has 1 atom stereocenters. The van der Waals surface area contributed by atoms with Crippen LogP contribution in [-0.2, 0) is 15.1 Å². The van der Waals surface area contributed by atoms with Crippen LogP contribution < -0.4 is 5.32 Å². The zero-order valence-electron chi connectivity index (χ0n) is 12.4. The third-order valence-corrected chi connectivity index (χ3v) is 4.04. The largest absolute Gasteiger partial charge is 0.369 e. The third kappa shape index (κ3) is 2.67. The van der Waals surface area contributed by atoms with E-state index in [1.807, 2.05) is 48.6 Å². The van der Waals surface area contributed by atoms with Gasteiger partial charge in [0.2, 0.25) is 5.91 Å². The lowest BCUT2D eigenvalue weighted by Gasteiger charge is -2.32. The Bertz CT molecular complexity index is 651. The molecule has 22 heavy (non-hydrogen) atoms. The SMILES string of the molecule is COC1(c2ccccc2)C=C(CN2CC(=O)NC2=O)C=CC1. The van der Waals surface area contributed by atoms with E-state index in [1.165, 1.54) is 4.90 Å². The molecule has 0 spiro atoms. The highest BCUT2D eigenvalue weighted by Gasteiger charge is 2.32. The lowest BCUT2D eigenvalue weighted by atomic mass is 9.84. The standard InChI is InChI=1S/C17H18N2O3/c1-22-17(14-7-3-2-4-8-14)9-5-6-13(10-17)11-19-12-15(20)18-16(19)21/h2-8,10H,9,11-12H2,1H3,(H,18,20,21). The summed E-state index contributed by atoms with van der Waals surface area (Å²) in [4.78, 5) is 24.4. The molecule has 0 saturated carbocycles. The second kappa shape index (κ2) is 5.77. The van der Waals surface area contributed by atoms with Gasteiger partial charge in [0.05, 0.1) is 0 Å². The molecule has 1 aliphatic carbocycles. The van der Waals surface area contributed by atoms with E-state index in [0.717, 1.165) is 17.6 Å². The lowest BCUT2D eigenvalue weighted by molar-refractivity contribution is -0.118. The Morgan fingerprint density at radius 3 is 2.68 bits per heavy atom. The first-order valence-corrected chi connectivity index (χ1v) is 7.21. The molecule has 1 aliphatic heterocycles.